The van der Waals surface area contributed by atoms with Crippen molar-refractivity contribution in [3.63, 3.8) is 0 Å². The van der Waals surface area contributed by atoms with Gasteiger partial charge < -0.3 is 94.8 Å². The molecule has 10 radical (unpaired) electrons. The first kappa shape index (κ1) is 219. The quantitative estimate of drug-likeness (QED) is 0.0936. The molecule has 2 amide bonds. The molecule has 3 aliphatic rings. The summed E-state index contributed by atoms with van der Waals surface area (Å²) < 4.78 is 32.9. The van der Waals surface area contributed by atoms with E-state index >= 15 is 0 Å². The van der Waals surface area contributed by atoms with Gasteiger partial charge in [-0.25, -0.2) is 41.8 Å². The van der Waals surface area contributed by atoms with Crippen LogP contribution in [0.1, 0.15) is 116 Å². The van der Waals surface area contributed by atoms with Crippen LogP contribution < -0.4 is 378 Å². The molecule has 0 aliphatic carbocycles. The van der Waals surface area contributed by atoms with Crippen LogP contribution in [0.15, 0.2) is 204 Å². The first-order chi connectivity index (χ1) is 61.5. The SMILES string of the molecule is CC.CC.CC.CC.CC.CC.CC.CN1C(=O)c2ccccc2N(C)c2nc(N(C)c3ccccc3)ncc21.CNS(=O)(=O)c1cccc([N-]c2[c-]cnc(N(C)c3ccc(N4CCN(C)CC4)cc3)n2)c1.C[C@H]1[N-]c2nc([N-]c3ccccc3)c[c-]c2[N-]C1=O.[CH3-].[H-].[Rb+].[Rb+].[Rb+].[Rb+].[Rb+].[Rb+].[Rb][Rb].[Rb][Rb].[Rb][Rb].[Rb][Rb].[Rb][Rb].[Rb][Rb].[Rb][Rb].[Re].[Re].[Re].[Re].[Re].[Rh].[Rh].[Rh].[Rh].[Rh].[c-]1no[c-]c1-c1ccc(-c2[c-]n3ccncc3n2)cc1. The number of nitrogens with one attached hydrogen (secondary N) is 1. The fourth-order valence-electron chi connectivity index (χ4n) is 10.4. The van der Waals surface area contributed by atoms with Gasteiger partial charge in [0.1, 0.15) is 11.6 Å². The van der Waals surface area contributed by atoms with Crippen molar-refractivity contribution in [3.05, 3.63) is 260 Å². The van der Waals surface area contributed by atoms with Crippen molar-refractivity contribution in [2.24, 2.45) is 0 Å². The number of hydrogen-bond acceptors (Lipinski definition) is 18. The van der Waals surface area contributed by atoms with Crippen LogP contribution in [0.3, 0.4) is 0 Å². The van der Waals surface area contributed by atoms with Crippen LogP contribution in [0.25, 0.3) is 49.3 Å². The first-order valence-corrected chi connectivity index (χ1v) is 284. The molecule has 1 N–H and O–H groups in total. The number of likely N-dealkylation sites (N-methyl/N-ethyl adjacent to an activating group) is 1. The number of sulfonamides is 1. The largest absolute Gasteiger partial charge is 0.523 e. The maximum atomic E-state index is 12.8. The second-order valence-electron chi connectivity index (χ2n) is 22.4. The molecule has 1 fully saturated rings. The summed E-state index contributed by atoms with van der Waals surface area (Å²) in [5, 5.41) is 20.4. The molecule has 3 aliphatic heterocycles. The van der Waals surface area contributed by atoms with Gasteiger partial charge in [-0.3, -0.25) is 30.6 Å². The number of piperazine rings is 1. The van der Waals surface area contributed by atoms with Gasteiger partial charge in [-0.15, -0.1) is 18.4 Å². The number of hydrogen-bond donors (Lipinski definition) is 1. The summed E-state index contributed by atoms with van der Waals surface area (Å²) in [5.41, 5.74) is 11.1. The number of anilines is 8. The maximum Gasteiger partial charge on any atom is 0.0714 e. The summed E-state index contributed by atoms with van der Waals surface area (Å²) >= 11 is 16.2. The Hall–Kier alpha value is 30.4. The molecule has 698 valence electrons. The Morgan fingerprint density at radius 3 is 1.50 bits per heavy atom. The Morgan fingerprint density at radius 1 is 0.531 bits per heavy atom. The van der Waals surface area contributed by atoms with Gasteiger partial charge in [0.05, 0.1) is 33.9 Å². The number of rotatable bonds is 13. The minimum atomic E-state index is -3.55. The third kappa shape index (κ3) is 89.6. The van der Waals surface area contributed by atoms with Gasteiger partial charge >= 0.3 is 823 Å². The minimum absolute atomic E-state index is 0. The molecule has 0 bridgehead atoms. The van der Waals surface area contributed by atoms with E-state index in [1.54, 1.807) is 55.7 Å². The topological polar surface area (TPSA) is 277 Å². The molecule has 6 aromatic heterocycles. The summed E-state index contributed by atoms with van der Waals surface area (Å²) in [4.78, 5) is 67.3. The average molecular weight is 4700 g/mol. The van der Waals surface area contributed by atoms with E-state index in [1.165, 1.54) is 31.1 Å². The van der Waals surface area contributed by atoms with Gasteiger partial charge in [-0.2, -0.15) is 41.0 Å². The number of para-hydroxylation sites is 3. The average Bonchev–Trinajstić information content (AvgIpc) is 1.62. The number of fused-ring (bicyclic) bond motifs is 4. The van der Waals surface area contributed by atoms with E-state index in [9.17, 15) is 18.0 Å². The van der Waals surface area contributed by atoms with Gasteiger partial charge in [0.15, 0.2) is 5.82 Å². The standard InChI is InChI=1S/C23H27N7O2S.C20H19N5O.C15H7N4O.C14H11N4O.7C2H6.CH3.20Rb.5Re.5Rh.H/c1-24-33(31,32)21-6-4-5-18(17-21)26-22-11-12-25-23(27-22)29(3)19-7-9-20(10-8-19)30-15-13-28(2)14-16-30;1-23(14-9-5-4-6-10-14)20-21-13-17-18(22-20)24(2)16-12-8-7-11-15(16)19(26)25(17)3;1-3-12(4-2-11(1)13-7-17-20-10-13)14-9-19-6-5-16-8-15(19)18-14;1-9-14(19)17-11-7-8-12(18-13(11)15-9)16-10-5-3-2-4-6-10;7*1-2;;;;;;;;;;;;;;;;;;;;;;;;;;;;;;;;/h4-10,12,17,24H,13-16H2,1-3H3;4-13H,1-3H3;1-6,8H;2-6,8-9H,1H3,(H-2,15,16,17,18,19);7*1-2H3;1H3;;;;;;;;;;;;;;;;;;;;;;;;;;;;;;;/q-2;;2*-3;;;;;;;;-1;;;;;;;;;;;;;;;6*+1;;;;;;;;;;;-1/p-1/t;;;9-;;;;;;;;;;;;;;;;;;;;;;;;;;;;;;;;;;;;;;;/m...1......................................./s1. The summed E-state index contributed by atoms with van der Waals surface area (Å²) in [6.07, 6.45) is 17.0. The van der Waals surface area contributed by atoms with Gasteiger partial charge in [0, 0.05) is 283 Å². The minimum Gasteiger partial charge on any atom is -0.523 e. The van der Waals surface area contributed by atoms with Gasteiger partial charge in [0.25, 0.3) is 5.91 Å². The molecule has 6 aromatic carbocycles. The van der Waals surface area contributed by atoms with Crippen molar-refractivity contribution >= 4 is 582 Å². The predicted molar refractivity (Wildman–Crippen MR) is 545 cm³/mol. The summed E-state index contributed by atoms with van der Waals surface area (Å²) in [7, 11) is 7.46. The van der Waals surface area contributed by atoms with E-state index in [2.05, 4.69) is 137 Å². The zero-order valence-corrected chi connectivity index (χ0v) is 214. The van der Waals surface area contributed by atoms with Crippen LogP contribution in [0.4, 0.5) is 80.7 Å². The number of pyridine rings is 1. The second-order valence-corrected chi connectivity index (χ2v) is 24.3. The number of imidazole rings is 1. The summed E-state index contributed by atoms with van der Waals surface area (Å²) in [5.74, 6) is 2.64. The molecule has 1 saturated heterocycles. The predicted octanol–water partition coefficient (Wildman–Crippen LogP) is -2.33. The molecule has 25 nitrogen and oxygen atoms in total. The fourth-order valence-corrected chi connectivity index (χ4v) is 11.1. The van der Waals surface area contributed by atoms with Crippen LogP contribution in [-0.2, 0) is 214 Å². The monoisotopic (exact) mass is 4690 g/mol. The van der Waals surface area contributed by atoms with E-state index in [4.69, 9.17) is 4.98 Å². The first-order valence-electron chi connectivity index (χ1n) is 44.8. The molecule has 0 saturated carbocycles. The number of carbonyl (C=O) groups is 2. The van der Waals surface area contributed by atoms with Crippen LogP contribution in [0.5, 0.6) is 0 Å². The number of benzene rings is 6. The molecule has 56 heteroatoms. The molecule has 1 atom stereocenters. The molecule has 0 spiro atoms. The van der Waals surface area contributed by atoms with E-state index in [0.29, 0.717) is 63.4 Å². The van der Waals surface area contributed by atoms with Gasteiger partial charge in [0.2, 0.25) is 16.0 Å². The Kier molecular flexibility index (Phi) is 228. The number of aromatic nitrogens is 9. The Labute approximate surface area is 1630 Å². The van der Waals surface area contributed by atoms with Crippen LogP contribution in [-0.4, -0.2) is 618 Å². The summed E-state index contributed by atoms with van der Waals surface area (Å²) in [6.45, 7) is 33.9. The van der Waals surface area contributed by atoms with Crippen LogP contribution in [0, 0.1) is 38.2 Å². The number of nitrogens with zero attached hydrogens (tertiary/aromatic N) is 19. The van der Waals surface area contributed by atoms with Crippen LogP contribution >= 0.6 is 0 Å². The van der Waals surface area contributed by atoms with Crippen molar-refractivity contribution in [3.8, 4) is 22.4 Å². The van der Waals surface area contributed by atoms with E-state index < -0.39 is 16.1 Å². The van der Waals surface area contributed by atoms with Crippen molar-refractivity contribution in [2.75, 3.05) is 93.0 Å². The zero-order valence-electron chi connectivity index (χ0n) is 93.9. The zero-order chi connectivity index (χ0) is 96.3. The van der Waals surface area contributed by atoms with Crippen molar-refractivity contribution in [2.45, 2.75) is 115 Å². The van der Waals surface area contributed by atoms with Gasteiger partial charge in [-0.1, -0.05) is 194 Å². The molecular formula is C87H109N20O5Rb20Re5Rh5S-5. The van der Waals surface area contributed by atoms with E-state index in [1.807, 2.05) is 253 Å². The molecule has 9 heterocycles. The second kappa shape index (κ2) is 149. The number of amides is 2. The maximum absolute atomic E-state index is 12.8. The normalized spacial score (nSPS) is 10.3. The Morgan fingerprint density at radius 2 is 1.01 bits per heavy atom. The third-order valence-electron chi connectivity index (χ3n) is 15.9. The smallest absolute Gasteiger partial charge is 0.0714 e. The van der Waals surface area contributed by atoms with Crippen LogP contribution in [0.2, 0.25) is 0 Å². The van der Waals surface area contributed by atoms with Gasteiger partial charge in [-0.05, 0) is 98.4 Å². The molecule has 15 rings (SSSR count). The molecular weight excluding hydrogens is 4590 g/mol. The third-order valence-corrected chi connectivity index (χ3v) is 17.3. The van der Waals surface area contributed by atoms with E-state index in [-0.39, 0.29) is 574 Å². The summed E-state index contributed by atoms with van der Waals surface area (Å²) in [6, 6.07) is 56.4. The molecule has 0 unspecified atom stereocenters. The Balaban J connectivity index is -0.0000000662. The van der Waals surface area contributed by atoms with E-state index in [0.717, 1.165) is 545 Å². The Bertz CT molecular complexity index is 4960. The molecule has 143 heavy (non-hydrogen) atoms. The number of carbonyl (C=O) groups excluding carboxylic acids is 2. The molecule has 12 aromatic rings. The van der Waals surface area contributed by atoms with Crippen molar-refractivity contribution in [1.29, 1.82) is 0 Å². The fraction of sp³-hybridized carbons (Fsp3) is 0.299. The van der Waals surface area contributed by atoms with Crippen molar-refractivity contribution < 1.29 is 573 Å². The van der Waals surface area contributed by atoms with Crippen molar-refractivity contribution in [1.82, 2.24) is 54.1 Å².